The van der Waals surface area contributed by atoms with E-state index in [1.54, 1.807) is 11.1 Å². The van der Waals surface area contributed by atoms with E-state index in [1.807, 2.05) is 0 Å². The summed E-state index contributed by atoms with van der Waals surface area (Å²) in [7, 11) is 0. The monoisotopic (exact) mass is 1290 g/mol. The van der Waals surface area contributed by atoms with Gasteiger partial charge in [0.2, 0.25) is 0 Å². The summed E-state index contributed by atoms with van der Waals surface area (Å²) in [6.45, 7) is 0. The van der Waals surface area contributed by atoms with Gasteiger partial charge in [-0.25, -0.2) is 0 Å². The van der Waals surface area contributed by atoms with Crippen LogP contribution in [0.5, 0.6) is 0 Å². The van der Waals surface area contributed by atoms with Crippen LogP contribution in [0.3, 0.4) is 0 Å². The molecule has 0 aromatic heterocycles. The van der Waals surface area contributed by atoms with Crippen molar-refractivity contribution in [2.45, 2.75) is 71.6 Å². The summed E-state index contributed by atoms with van der Waals surface area (Å²) < 4.78 is 0. The van der Waals surface area contributed by atoms with Crippen molar-refractivity contribution in [1.29, 1.82) is 0 Å². The van der Waals surface area contributed by atoms with Crippen molar-refractivity contribution < 1.29 is 0 Å². The van der Waals surface area contributed by atoms with Crippen LogP contribution in [0.2, 0.25) is 0 Å². The second kappa shape index (κ2) is 23.8. The number of hydrogen-bond donors (Lipinski definition) is 0. The van der Waals surface area contributed by atoms with Gasteiger partial charge in [-0.15, -0.1) is 0 Å². The van der Waals surface area contributed by atoms with Crippen LogP contribution in [-0.4, -0.2) is 0 Å². The van der Waals surface area contributed by atoms with E-state index < -0.39 is 0 Å². The zero-order valence-corrected chi connectivity index (χ0v) is 55.9. The highest BCUT2D eigenvalue weighted by molar-refractivity contribution is 5.96. The lowest BCUT2D eigenvalue weighted by Crippen LogP contribution is -1.90. The second-order valence-corrected chi connectivity index (χ2v) is 29.0. The predicted molar refractivity (Wildman–Crippen MR) is 421 cm³/mol. The van der Waals surface area contributed by atoms with Gasteiger partial charge in [0.25, 0.3) is 0 Å². The van der Waals surface area contributed by atoms with E-state index in [0.717, 1.165) is 64.2 Å². The lowest BCUT2D eigenvalue weighted by Gasteiger charge is -2.10. The molecule has 0 unspecified atom stereocenters. The Bertz CT molecular complexity index is 5660. The average Bonchev–Trinajstić information content (AvgIpc) is 1.60. The molecule has 25 rings (SSSR count). The largest absolute Gasteiger partial charge is 0.0776 e. The Balaban J connectivity index is 0.0000000847. The van der Waals surface area contributed by atoms with Crippen molar-refractivity contribution in [3.05, 3.63) is 415 Å². The van der Waals surface area contributed by atoms with Crippen molar-refractivity contribution >= 4 is 0 Å². The minimum atomic E-state index is 0. The predicted octanol–water partition coefficient (Wildman–Crippen LogP) is 24.8. The van der Waals surface area contributed by atoms with Crippen molar-refractivity contribution in [3.63, 3.8) is 0 Å². The summed E-state index contributed by atoms with van der Waals surface area (Å²) >= 11 is 0. The summed E-state index contributed by atoms with van der Waals surface area (Å²) in [5.74, 6) is 0. The normalized spacial score (nSPS) is 13.5. The van der Waals surface area contributed by atoms with Gasteiger partial charge in [-0.05, 0) is 305 Å². The molecule has 0 N–H and O–H groups in total. The molecule has 0 saturated heterocycles. The molecule has 0 heterocycles. The fraction of sp³-hybridized carbons (Fsp3) is 0.109. The molecule has 0 fully saturated rings. The molecule has 478 valence electrons. The molecule has 0 aliphatic heterocycles. The van der Waals surface area contributed by atoms with E-state index in [4.69, 9.17) is 0 Å². The lowest BCUT2D eigenvalue weighted by atomic mass is 9.94. The van der Waals surface area contributed by atoms with E-state index in [9.17, 15) is 0 Å². The van der Waals surface area contributed by atoms with Crippen LogP contribution in [0.4, 0.5) is 0 Å². The zero-order chi connectivity index (χ0) is 65.5. The first-order valence-corrected chi connectivity index (χ1v) is 36.1. The molecule has 0 radical (unpaired) electrons. The molecule has 101 heavy (non-hydrogen) atoms. The molecule has 15 aromatic carbocycles. The third-order valence-corrected chi connectivity index (χ3v) is 23.6. The molecule has 0 amide bonds. The molecule has 0 spiro atoms. The smallest absolute Gasteiger partial charge is 0.000718 e. The van der Waals surface area contributed by atoms with E-state index in [-0.39, 0.29) is 7.43 Å². The highest BCUT2D eigenvalue weighted by Gasteiger charge is 2.33. The fourth-order valence-corrected chi connectivity index (χ4v) is 19.1. The van der Waals surface area contributed by atoms with Gasteiger partial charge >= 0.3 is 0 Å². The Labute approximate surface area is 593 Å². The highest BCUT2D eigenvalue weighted by atomic mass is 14.4. The molecular weight excluding hydrogens is 1210 g/mol. The zero-order valence-electron chi connectivity index (χ0n) is 55.9. The van der Waals surface area contributed by atoms with Crippen molar-refractivity contribution in [3.8, 4) is 111 Å². The second-order valence-electron chi connectivity index (χ2n) is 29.0. The van der Waals surface area contributed by atoms with Gasteiger partial charge in [0.05, 0.1) is 0 Å². The Morgan fingerprint density at radius 1 is 0.119 bits per heavy atom. The first-order chi connectivity index (χ1) is 49.5. The third-order valence-electron chi connectivity index (χ3n) is 23.6. The Hall–Kier alpha value is -11.7. The molecular formula is C101H74. The van der Waals surface area contributed by atoms with Crippen molar-refractivity contribution in [1.82, 2.24) is 0 Å². The number of fused-ring (bicyclic) bond motifs is 33. The topological polar surface area (TPSA) is 0 Å². The van der Waals surface area contributed by atoms with E-state index in [2.05, 4.69) is 303 Å². The molecule has 0 heteroatoms. The van der Waals surface area contributed by atoms with Gasteiger partial charge in [-0.3, -0.25) is 0 Å². The average molecular weight is 1290 g/mol. The summed E-state index contributed by atoms with van der Waals surface area (Å²) in [6.07, 6.45) is 10.9. The van der Waals surface area contributed by atoms with Gasteiger partial charge in [0.15, 0.2) is 0 Å². The summed E-state index contributed by atoms with van der Waals surface area (Å²) in [4.78, 5) is 0. The van der Waals surface area contributed by atoms with Crippen LogP contribution in [0, 0.1) is 0 Å². The number of benzene rings is 15. The Morgan fingerprint density at radius 2 is 0.327 bits per heavy atom. The lowest BCUT2D eigenvalue weighted by molar-refractivity contribution is 1.16. The molecule has 0 nitrogen and oxygen atoms in total. The first-order valence-electron chi connectivity index (χ1n) is 36.1. The van der Waals surface area contributed by atoms with E-state index in [1.165, 1.54) is 211 Å². The van der Waals surface area contributed by atoms with Gasteiger partial charge in [-0.2, -0.15) is 0 Å². The number of rotatable bonds is 0. The van der Waals surface area contributed by atoms with Crippen LogP contribution in [-0.2, 0) is 64.2 Å². The van der Waals surface area contributed by atoms with Crippen molar-refractivity contribution in [2.24, 2.45) is 0 Å². The maximum absolute atomic E-state index is 2.44. The highest BCUT2D eigenvalue weighted by Crippen LogP contribution is 2.53. The van der Waals surface area contributed by atoms with Crippen LogP contribution < -0.4 is 0 Å². The fourth-order valence-electron chi connectivity index (χ4n) is 19.1. The van der Waals surface area contributed by atoms with E-state index >= 15 is 0 Å². The van der Waals surface area contributed by atoms with Gasteiger partial charge in [0.1, 0.15) is 0 Å². The quantitative estimate of drug-likeness (QED) is 0.142. The summed E-state index contributed by atoms with van der Waals surface area (Å²) in [5.41, 5.74) is 58.8. The SMILES string of the molecule is C.c1ccc2c(c1)Cc1c-2ccc2c1-c1ccccc1C2.c1ccc2c(c1)Cc1c-2ccc2c1Cc1ccccc1-2.c1ccc2c(c1)Cc1cc3c(cc1-2)-c1ccccc1C3.c1ccc2c(c1)Cc1cc3c(cc1-2)Cc1ccccc1-3.c1ccc2c(c1)Cc1ccc3c(c1-2)-c1ccccc1C3. The van der Waals surface area contributed by atoms with E-state index in [0.29, 0.717) is 0 Å². The molecule has 0 saturated carbocycles. The first kappa shape index (κ1) is 59.4. The van der Waals surface area contributed by atoms with Gasteiger partial charge in [0, 0.05) is 0 Å². The minimum Gasteiger partial charge on any atom is -0.0776 e. The molecule has 10 aliphatic rings. The molecule has 0 bridgehead atoms. The van der Waals surface area contributed by atoms with Crippen LogP contribution in [0.25, 0.3) is 111 Å². The van der Waals surface area contributed by atoms with Gasteiger partial charge < -0.3 is 0 Å². The number of hydrogen-bond acceptors (Lipinski definition) is 0. The summed E-state index contributed by atoms with van der Waals surface area (Å²) in [5, 5.41) is 0. The third kappa shape index (κ3) is 9.63. The van der Waals surface area contributed by atoms with Crippen LogP contribution in [0.1, 0.15) is 119 Å². The molecule has 10 aliphatic carbocycles. The standard InChI is InChI=1S/5C20H14.CH4/c1-3-7-16-14(6-1)12-19-18(16)10-9-15-11-13-5-2-4-8-17(13)20(15)19;1-3-7-17-13(5-1)9-15-11-20-16(12-19(15)17)10-14-6-2-4-8-18(14)20;1-3-7-17-13(5-1)9-15-11-16-10-14-6-2-4-8-18(14)20(16)12-19(15)17;1-3-7-17-13(5-1)11-15-9-10-16-12-14-6-2-4-8-18(14)20(16)19(15)17;1-3-7-15-13(5-1)11-19-17(15)9-10-18-16-8-4-2-6-14(16)12-20(18)19;/h1-10H,11-12H2;2*1-8,11-12H,9-10H2;2*1-10H,11-12H2;1H4. The summed E-state index contributed by atoms with van der Waals surface area (Å²) in [6, 6.07) is 112. The Kier molecular flexibility index (Phi) is 14.0. The maximum Gasteiger partial charge on any atom is -0.000718 e. The maximum atomic E-state index is 2.44. The Morgan fingerprint density at radius 3 is 0.673 bits per heavy atom. The van der Waals surface area contributed by atoms with Crippen molar-refractivity contribution in [2.75, 3.05) is 0 Å². The van der Waals surface area contributed by atoms with Crippen LogP contribution >= 0.6 is 0 Å². The van der Waals surface area contributed by atoms with Crippen LogP contribution in [0.15, 0.2) is 303 Å². The molecule has 15 aromatic rings. The molecule has 0 atom stereocenters. The van der Waals surface area contributed by atoms with Gasteiger partial charge in [-0.1, -0.05) is 293 Å². The minimum absolute atomic E-state index is 0.